The van der Waals surface area contributed by atoms with Crippen molar-refractivity contribution in [3.05, 3.63) is 69.3 Å². The first-order valence-corrected chi connectivity index (χ1v) is 9.30. The summed E-state index contributed by atoms with van der Waals surface area (Å²) in [4.78, 5) is 23.9. The first-order valence-electron chi connectivity index (χ1n) is 8.22. The molecule has 136 valence electrons. The molecule has 0 heterocycles. The van der Waals surface area contributed by atoms with Crippen LogP contribution in [-0.2, 0) is 9.59 Å². The second-order valence-electron chi connectivity index (χ2n) is 6.03. The Hall–Kier alpha value is -2.35. The van der Waals surface area contributed by atoms with E-state index in [4.69, 9.17) is 0 Å². The van der Waals surface area contributed by atoms with Gasteiger partial charge in [-0.1, -0.05) is 36.4 Å². The Morgan fingerprint density at radius 2 is 1.62 bits per heavy atom. The number of carbonyl (C=O) groups is 2. The molecule has 5 nitrogen and oxygen atoms in total. The average molecular weight is 463 g/mol. The molecule has 0 aromatic heterocycles. The molecule has 3 N–H and O–H groups in total. The molecule has 0 saturated carbocycles. The van der Waals surface area contributed by atoms with Crippen LogP contribution in [0.5, 0.6) is 0 Å². The summed E-state index contributed by atoms with van der Waals surface area (Å²) in [5, 5.41) is 2.83. The predicted molar refractivity (Wildman–Crippen MR) is 113 cm³/mol. The van der Waals surface area contributed by atoms with E-state index in [0.717, 1.165) is 25.9 Å². The smallest absolute Gasteiger partial charge is 0.238 e. The van der Waals surface area contributed by atoms with Crippen molar-refractivity contribution in [2.24, 2.45) is 0 Å². The molecule has 0 fully saturated rings. The van der Waals surface area contributed by atoms with E-state index >= 15 is 0 Å². The maximum absolute atomic E-state index is 12.0. The highest BCUT2D eigenvalue weighted by molar-refractivity contribution is 14.1. The molecule has 0 unspecified atom stereocenters. The Morgan fingerprint density at radius 1 is 0.962 bits per heavy atom. The fraction of sp³-hybridized carbons (Fsp3) is 0.200. The van der Waals surface area contributed by atoms with Gasteiger partial charge in [-0.2, -0.15) is 0 Å². The van der Waals surface area contributed by atoms with Gasteiger partial charge in [-0.25, -0.2) is 0 Å². The van der Waals surface area contributed by atoms with Crippen LogP contribution in [0.2, 0.25) is 0 Å². The molecule has 0 radical (unpaired) electrons. The number of carbonyl (C=O) groups excluding carboxylic acids is 2. The topological polar surface area (TPSA) is 70.2 Å². The van der Waals surface area contributed by atoms with Crippen LogP contribution >= 0.6 is 22.6 Å². The zero-order valence-corrected chi connectivity index (χ0v) is 17.0. The van der Waals surface area contributed by atoms with Crippen LogP contribution in [0.3, 0.4) is 0 Å². The molecular formula is C20H22IN3O2. The molecule has 0 saturated heterocycles. The molecule has 2 amide bonds. The molecular weight excluding hydrogens is 441 g/mol. The lowest BCUT2D eigenvalue weighted by Crippen LogP contribution is -2.36. The Morgan fingerprint density at radius 3 is 2.27 bits per heavy atom. The lowest BCUT2D eigenvalue weighted by molar-refractivity contribution is -0.124. The van der Waals surface area contributed by atoms with Crippen molar-refractivity contribution in [1.29, 1.82) is 0 Å². The molecule has 2 aromatic rings. The van der Waals surface area contributed by atoms with Gasteiger partial charge in [0.05, 0.1) is 5.70 Å². The van der Waals surface area contributed by atoms with E-state index in [1.807, 2.05) is 56.3 Å². The predicted octanol–water partition coefficient (Wildman–Crippen LogP) is 3.92. The lowest BCUT2D eigenvalue weighted by atomic mass is 10.1. The Balaban J connectivity index is 1.74. The standard InChI is InChI=1S/C20H22IN3O2/c1-13-4-6-16(7-5-13)15(3)23-24-20(26)11-10-19(25)22-18-9-8-17(21)12-14(18)2/h4-9,12,23H,3,10-11H2,1-2H3,(H,22,25)(H,24,26). The second-order valence-corrected chi connectivity index (χ2v) is 7.27. The van der Waals surface area contributed by atoms with Gasteiger partial charge in [0.1, 0.15) is 0 Å². The van der Waals surface area contributed by atoms with Crippen molar-refractivity contribution in [2.45, 2.75) is 26.7 Å². The molecule has 2 rings (SSSR count). The van der Waals surface area contributed by atoms with E-state index in [9.17, 15) is 9.59 Å². The number of hydrogen-bond donors (Lipinski definition) is 3. The number of benzene rings is 2. The van der Waals surface area contributed by atoms with E-state index in [2.05, 4.69) is 45.3 Å². The third-order valence-corrected chi connectivity index (χ3v) is 4.47. The minimum absolute atomic E-state index is 0.0867. The molecule has 0 aliphatic rings. The summed E-state index contributed by atoms with van der Waals surface area (Å²) in [6.07, 6.45) is 0.194. The van der Waals surface area contributed by atoms with Gasteiger partial charge in [0, 0.05) is 22.1 Å². The molecule has 0 aliphatic heterocycles. The molecule has 0 atom stereocenters. The number of hydrazine groups is 1. The van der Waals surface area contributed by atoms with Crippen molar-refractivity contribution in [1.82, 2.24) is 10.9 Å². The molecule has 0 spiro atoms. The minimum atomic E-state index is -0.271. The Bertz CT molecular complexity index is 816. The first-order chi connectivity index (χ1) is 12.3. The van der Waals surface area contributed by atoms with Crippen molar-refractivity contribution < 1.29 is 9.59 Å². The second kappa shape index (κ2) is 9.38. The summed E-state index contributed by atoms with van der Waals surface area (Å²) in [5.74, 6) is -0.463. The van der Waals surface area contributed by atoms with Crippen molar-refractivity contribution in [2.75, 3.05) is 5.32 Å². The normalized spacial score (nSPS) is 10.1. The van der Waals surface area contributed by atoms with Gasteiger partial charge < -0.3 is 5.32 Å². The van der Waals surface area contributed by atoms with Crippen LogP contribution in [0.4, 0.5) is 5.69 Å². The van der Waals surface area contributed by atoms with Gasteiger partial charge in [0.15, 0.2) is 0 Å². The molecule has 26 heavy (non-hydrogen) atoms. The zero-order chi connectivity index (χ0) is 19.1. The van der Waals surface area contributed by atoms with Gasteiger partial charge in [0.2, 0.25) is 11.8 Å². The van der Waals surface area contributed by atoms with Crippen LogP contribution in [0, 0.1) is 17.4 Å². The van der Waals surface area contributed by atoms with E-state index in [1.165, 1.54) is 0 Å². The first kappa shape index (κ1) is 20.0. The SMILES string of the molecule is C=C(NNC(=O)CCC(=O)Nc1ccc(I)cc1C)c1ccc(C)cc1. The number of rotatable bonds is 7. The quantitative estimate of drug-likeness (QED) is 0.431. The van der Waals surface area contributed by atoms with Gasteiger partial charge in [-0.15, -0.1) is 0 Å². The van der Waals surface area contributed by atoms with Crippen molar-refractivity contribution >= 4 is 45.8 Å². The average Bonchev–Trinajstić information content (AvgIpc) is 2.61. The van der Waals surface area contributed by atoms with E-state index < -0.39 is 0 Å². The number of amides is 2. The van der Waals surface area contributed by atoms with Crippen LogP contribution in [-0.4, -0.2) is 11.8 Å². The third-order valence-electron chi connectivity index (χ3n) is 3.79. The van der Waals surface area contributed by atoms with Crippen molar-refractivity contribution in [3.8, 4) is 0 Å². The van der Waals surface area contributed by atoms with Crippen LogP contribution in [0.15, 0.2) is 49.0 Å². The zero-order valence-electron chi connectivity index (χ0n) is 14.9. The van der Waals surface area contributed by atoms with Gasteiger partial charge in [0.25, 0.3) is 0 Å². The maximum Gasteiger partial charge on any atom is 0.238 e. The number of aryl methyl sites for hydroxylation is 2. The van der Waals surface area contributed by atoms with Crippen LogP contribution in [0.25, 0.3) is 5.70 Å². The highest BCUT2D eigenvalue weighted by Gasteiger charge is 2.09. The largest absolute Gasteiger partial charge is 0.326 e. The number of nitrogens with one attached hydrogen (secondary N) is 3. The fourth-order valence-electron chi connectivity index (χ4n) is 2.24. The fourth-order valence-corrected chi connectivity index (χ4v) is 2.89. The Kier molecular flexibility index (Phi) is 7.20. The molecule has 0 aliphatic carbocycles. The van der Waals surface area contributed by atoms with E-state index in [0.29, 0.717) is 5.70 Å². The molecule has 2 aromatic carbocycles. The summed E-state index contributed by atoms with van der Waals surface area (Å²) < 4.78 is 1.11. The number of hydrogen-bond acceptors (Lipinski definition) is 3. The highest BCUT2D eigenvalue weighted by Crippen LogP contribution is 2.18. The number of anilines is 1. The maximum atomic E-state index is 12.0. The summed E-state index contributed by atoms with van der Waals surface area (Å²) in [5.41, 5.74) is 9.74. The summed E-state index contributed by atoms with van der Waals surface area (Å²) in [7, 11) is 0. The van der Waals surface area contributed by atoms with Crippen LogP contribution < -0.4 is 16.2 Å². The van der Waals surface area contributed by atoms with Gasteiger partial charge >= 0.3 is 0 Å². The van der Waals surface area contributed by atoms with Crippen LogP contribution in [0.1, 0.15) is 29.5 Å². The molecule has 6 heteroatoms. The summed E-state index contributed by atoms with van der Waals surface area (Å²) in [6, 6.07) is 13.6. The van der Waals surface area contributed by atoms with Gasteiger partial charge in [-0.3, -0.25) is 20.4 Å². The minimum Gasteiger partial charge on any atom is -0.326 e. The van der Waals surface area contributed by atoms with E-state index in [-0.39, 0.29) is 24.7 Å². The lowest BCUT2D eigenvalue weighted by Gasteiger charge is -2.12. The van der Waals surface area contributed by atoms with Crippen molar-refractivity contribution in [3.63, 3.8) is 0 Å². The monoisotopic (exact) mass is 463 g/mol. The third kappa shape index (κ3) is 6.18. The summed E-state index contributed by atoms with van der Waals surface area (Å²) >= 11 is 2.22. The highest BCUT2D eigenvalue weighted by atomic mass is 127. The molecule has 0 bridgehead atoms. The Labute approximate surface area is 167 Å². The number of halogens is 1. The summed E-state index contributed by atoms with van der Waals surface area (Å²) in [6.45, 7) is 7.83. The van der Waals surface area contributed by atoms with Gasteiger partial charge in [-0.05, 0) is 65.8 Å². The van der Waals surface area contributed by atoms with E-state index in [1.54, 1.807) is 0 Å².